The van der Waals surface area contributed by atoms with Gasteiger partial charge in [-0.05, 0) is 61.1 Å². The predicted octanol–water partition coefficient (Wildman–Crippen LogP) is 1.69. The fraction of sp³-hybridized carbons (Fsp3) is 0.450. The first-order valence-corrected chi connectivity index (χ1v) is 10.1. The van der Waals surface area contributed by atoms with Crippen LogP contribution < -0.4 is 10.6 Å². The third-order valence-electron chi connectivity index (χ3n) is 5.75. The van der Waals surface area contributed by atoms with Gasteiger partial charge in [-0.1, -0.05) is 12.1 Å². The van der Waals surface area contributed by atoms with Gasteiger partial charge in [-0.2, -0.15) is 5.10 Å². The highest BCUT2D eigenvalue weighted by atomic mass is 16.3. The normalized spacial score (nSPS) is 23.2. The Bertz CT molecular complexity index is 961. The number of hydrogen-bond donors (Lipinski definition) is 3. The van der Waals surface area contributed by atoms with Crippen molar-refractivity contribution in [2.45, 2.75) is 44.2 Å². The molecule has 2 bridgehead atoms. The number of benzene rings is 1. The van der Waals surface area contributed by atoms with Crippen LogP contribution in [0.25, 0.3) is 5.69 Å². The van der Waals surface area contributed by atoms with Crippen LogP contribution >= 0.6 is 0 Å². The number of nitrogens with one attached hydrogen (secondary N) is 2. The van der Waals surface area contributed by atoms with E-state index in [1.165, 1.54) is 30.5 Å². The molecule has 9 heteroatoms. The fourth-order valence-corrected chi connectivity index (χ4v) is 4.35. The van der Waals surface area contributed by atoms with Gasteiger partial charge in [-0.15, -0.1) is 20.1 Å². The molecule has 9 nitrogen and oxygen atoms in total. The van der Waals surface area contributed by atoms with E-state index in [2.05, 4.69) is 36.2 Å². The molecule has 2 aliphatic heterocycles. The molecule has 150 valence electrons. The number of tetrazole rings is 1. The zero-order chi connectivity index (χ0) is 19.6. The molecule has 2 atom stereocenters. The number of aromatic hydroxyl groups is 1. The van der Waals surface area contributed by atoms with Gasteiger partial charge in [-0.25, -0.2) is 0 Å². The Balaban J connectivity index is 1.17. The van der Waals surface area contributed by atoms with Gasteiger partial charge in [0, 0.05) is 18.6 Å². The maximum Gasteiger partial charge on any atom is 0.181 e. The third kappa shape index (κ3) is 4.04. The fourth-order valence-electron chi connectivity index (χ4n) is 4.35. The third-order valence-corrected chi connectivity index (χ3v) is 5.75. The molecule has 0 aliphatic carbocycles. The number of fused-ring (bicyclic) bond motifs is 2. The second kappa shape index (κ2) is 7.75. The van der Waals surface area contributed by atoms with E-state index >= 15 is 0 Å². The van der Waals surface area contributed by atoms with Crippen molar-refractivity contribution >= 4 is 5.82 Å². The van der Waals surface area contributed by atoms with Gasteiger partial charge in [-0.3, -0.25) is 0 Å². The number of nitrogens with zero attached hydrogens (tertiary/aromatic N) is 6. The molecule has 5 rings (SSSR count). The molecule has 2 aliphatic rings. The summed E-state index contributed by atoms with van der Waals surface area (Å²) in [5, 5.41) is 38.0. The maximum absolute atomic E-state index is 9.91. The smallest absolute Gasteiger partial charge is 0.181 e. The van der Waals surface area contributed by atoms with Gasteiger partial charge in [0.1, 0.15) is 17.3 Å². The van der Waals surface area contributed by atoms with E-state index in [9.17, 15) is 5.11 Å². The van der Waals surface area contributed by atoms with E-state index in [4.69, 9.17) is 0 Å². The van der Waals surface area contributed by atoms with Crippen LogP contribution in [0.1, 0.15) is 37.2 Å². The molecular weight excluding hydrogens is 368 g/mol. The summed E-state index contributed by atoms with van der Waals surface area (Å²) < 4.78 is 0. The lowest BCUT2D eigenvalue weighted by Crippen LogP contribution is -2.40. The lowest BCUT2D eigenvalue weighted by Gasteiger charge is -2.29. The number of hydrogen-bond acceptors (Lipinski definition) is 8. The van der Waals surface area contributed by atoms with Gasteiger partial charge in [0.25, 0.3) is 0 Å². The summed E-state index contributed by atoms with van der Waals surface area (Å²) in [5.41, 5.74) is 1.26. The number of para-hydroxylation sites is 2. The molecule has 29 heavy (non-hydrogen) atoms. The molecule has 3 N–H and O–H groups in total. The average molecular weight is 392 g/mol. The summed E-state index contributed by atoms with van der Waals surface area (Å²) in [5.74, 6) is 2.12. The molecule has 0 spiro atoms. The van der Waals surface area contributed by atoms with Crippen LogP contribution in [-0.2, 0) is 6.42 Å². The molecule has 0 amide bonds. The lowest BCUT2D eigenvalue weighted by molar-refractivity contribution is 0.311. The van der Waals surface area contributed by atoms with E-state index in [1.807, 2.05) is 18.2 Å². The molecule has 0 saturated carbocycles. The summed E-state index contributed by atoms with van der Waals surface area (Å²) in [4.78, 5) is 1.32. The minimum absolute atomic E-state index is 0.105. The van der Waals surface area contributed by atoms with Crippen LogP contribution in [0.15, 0.2) is 36.4 Å². The average Bonchev–Trinajstić information content (AvgIpc) is 3.34. The van der Waals surface area contributed by atoms with Crippen molar-refractivity contribution in [3.63, 3.8) is 0 Å². The Morgan fingerprint density at radius 1 is 1.03 bits per heavy atom. The van der Waals surface area contributed by atoms with Crippen LogP contribution in [0.4, 0.5) is 5.82 Å². The number of phenolic OH excluding ortho intramolecular Hbond substituents is 1. The summed E-state index contributed by atoms with van der Waals surface area (Å²) in [6.07, 6.45) is 5.55. The molecule has 0 radical (unpaired) electrons. The highest BCUT2D eigenvalue weighted by Gasteiger charge is 2.33. The summed E-state index contributed by atoms with van der Waals surface area (Å²) >= 11 is 0. The molecule has 2 saturated heterocycles. The van der Waals surface area contributed by atoms with E-state index in [0.29, 0.717) is 35.9 Å². The zero-order valence-corrected chi connectivity index (χ0v) is 16.1. The summed E-state index contributed by atoms with van der Waals surface area (Å²) in [7, 11) is 0. The van der Waals surface area contributed by atoms with E-state index in [-0.39, 0.29) is 5.75 Å². The molecule has 1 aromatic carbocycles. The molecule has 2 unspecified atom stereocenters. The second-order valence-electron chi connectivity index (χ2n) is 7.93. The number of aromatic nitrogens is 6. The van der Waals surface area contributed by atoms with Crippen molar-refractivity contribution in [2.75, 3.05) is 11.9 Å². The number of piperidine rings is 1. The van der Waals surface area contributed by atoms with Crippen LogP contribution in [0.5, 0.6) is 5.75 Å². The van der Waals surface area contributed by atoms with Gasteiger partial charge >= 0.3 is 0 Å². The van der Waals surface area contributed by atoms with Crippen LogP contribution in [0.3, 0.4) is 0 Å². The molecule has 2 fully saturated rings. The topological polar surface area (TPSA) is 114 Å². The second-order valence-corrected chi connectivity index (χ2v) is 7.93. The maximum atomic E-state index is 9.91. The first-order valence-electron chi connectivity index (χ1n) is 10.1. The van der Waals surface area contributed by atoms with Crippen molar-refractivity contribution < 1.29 is 5.11 Å². The first-order chi connectivity index (χ1) is 14.2. The highest BCUT2D eigenvalue weighted by Crippen LogP contribution is 2.30. The van der Waals surface area contributed by atoms with Gasteiger partial charge < -0.3 is 15.7 Å². The van der Waals surface area contributed by atoms with E-state index < -0.39 is 0 Å². The quantitative estimate of drug-likeness (QED) is 0.581. The highest BCUT2D eigenvalue weighted by molar-refractivity contribution is 5.43. The van der Waals surface area contributed by atoms with Crippen LogP contribution in [-0.4, -0.2) is 54.1 Å². The Labute approximate surface area is 168 Å². The van der Waals surface area contributed by atoms with E-state index in [0.717, 1.165) is 18.1 Å². The van der Waals surface area contributed by atoms with Crippen molar-refractivity contribution in [1.82, 2.24) is 35.7 Å². The lowest BCUT2D eigenvalue weighted by atomic mass is 9.92. The van der Waals surface area contributed by atoms with Crippen molar-refractivity contribution in [3.05, 3.63) is 47.9 Å². The Morgan fingerprint density at radius 2 is 1.86 bits per heavy atom. The van der Waals surface area contributed by atoms with Crippen LogP contribution in [0.2, 0.25) is 0 Å². The molecule has 3 aromatic rings. The summed E-state index contributed by atoms with van der Waals surface area (Å²) in [6, 6.07) is 12.2. The van der Waals surface area contributed by atoms with Gasteiger partial charge in [0.2, 0.25) is 0 Å². The SMILES string of the molecule is Oc1ccccc1-n1nnc(Cc2ccc(NCC3CC4CCC(C3)N4)nn2)n1. The standard InChI is InChI=1S/C20H24N8O/c29-18-4-2-1-3-17(18)28-26-20(25-27-28)11-16-7-8-19(24-23-16)21-12-13-9-14-5-6-15(10-13)22-14/h1-4,7-8,13-15,22,29H,5-6,9-12H2,(H,21,24). The molecule has 4 heterocycles. The number of rotatable bonds is 6. The Morgan fingerprint density at radius 3 is 2.62 bits per heavy atom. The molecule has 2 aromatic heterocycles. The minimum atomic E-state index is 0.105. The van der Waals surface area contributed by atoms with Gasteiger partial charge in [0.05, 0.1) is 12.1 Å². The minimum Gasteiger partial charge on any atom is -0.506 e. The van der Waals surface area contributed by atoms with Gasteiger partial charge in [0.15, 0.2) is 5.82 Å². The Kier molecular flexibility index (Phi) is 4.81. The first kappa shape index (κ1) is 18.0. The summed E-state index contributed by atoms with van der Waals surface area (Å²) in [6.45, 7) is 0.944. The largest absolute Gasteiger partial charge is 0.506 e. The number of phenols is 1. The van der Waals surface area contributed by atoms with Crippen LogP contribution in [0, 0.1) is 5.92 Å². The number of anilines is 1. The van der Waals surface area contributed by atoms with Crippen molar-refractivity contribution in [1.29, 1.82) is 0 Å². The van der Waals surface area contributed by atoms with Crippen molar-refractivity contribution in [3.8, 4) is 11.4 Å². The monoisotopic (exact) mass is 392 g/mol. The molecular formula is C20H24N8O. The van der Waals surface area contributed by atoms with Crippen molar-refractivity contribution in [2.24, 2.45) is 5.92 Å². The predicted molar refractivity (Wildman–Crippen MR) is 107 cm³/mol. The zero-order valence-electron chi connectivity index (χ0n) is 16.1. The van der Waals surface area contributed by atoms with E-state index in [1.54, 1.807) is 18.2 Å². The Hall–Kier alpha value is -3.07.